The SMILES string of the molecule is Cc1cnc(C(=O)Nc2cc(C(=O)O)ccc2Br)cn1. The Labute approximate surface area is 123 Å². The summed E-state index contributed by atoms with van der Waals surface area (Å²) >= 11 is 3.25. The van der Waals surface area contributed by atoms with Gasteiger partial charge in [-0.05, 0) is 41.1 Å². The van der Waals surface area contributed by atoms with E-state index in [9.17, 15) is 9.59 Å². The standard InChI is InChI=1S/C13H10BrN3O3/c1-7-5-16-11(6-15-7)12(18)17-10-4-8(13(19)20)2-3-9(10)14/h2-6H,1H3,(H,17,18)(H,19,20). The van der Waals surface area contributed by atoms with Crippen LogP contribution in [0.1, 0.15) is 26.5 Å². The van der Waals surface area contributed by atoms with Crippen molar-refractivity contribution in [1.29, 1.82) is 0 Å². The van der Waals surface area contributed by atoms with Gasteiger partial charge in [-0.2, -0.15) is 0 Å². The third kappa shape index (κ3) is 3.18. The largest absolute Gasteiger partial charge is 0.478 e. The Hall–Kier alpha value is -2.28. The maximum absolute atomic E-state index is 12.0. The summed E-state index contributed by atoms with van der Waals surface area (Å²) in [6.07, 6.45) is 2.84. The van der Waals surface area contributed by atoms with E-state index in [1.807, 2.05) is 0 Å². The molecule has 0 saturated carbocycles. The number of amides is 1. The number of anilines is 1. The molecule has 0 aliphatic carbocycles. The van der Waals surface area contributed by atoms with E-state index in [4.69, 9.17) is 5.11 Å². The van der Waals surface area contributed by atoms with Crippen molar-refractivity contribution in [2.45, 2.75) is 6.92 Å². The first-order valence-electron chi connectivity index (χ1n) is 5.60. The molecule has 0 fully saturated rings. The number of carbonyl (C=O) groups is 2. The molecule has 0 atom stereocenters. The molecule has 2 aromatic rings. The van der Waals surface area contributed by atoms with E-state index in [-0.39, 0.29) is 11.3 Å². The van der Waals surface area contributed by atoms with Gasteiger partial charge >= 0.3 is 5.97 Å². The summed E-state index contributed by atoms with van der Waals surface area (Å²) < 4.78 is 0.580. The van der Waals surface area contributed by atoms with Gasteiger partial charge in [0.25, 0.3) is 5.91 Å². The Bertz CT molecular complexity index is 671. The van der Waals surface area contributed by atoms with Gasteiger partial charge in [0.15, 0.2) is 0 Å². The van der Waals surface area contributed by atoms with Gasteiger partial charge < -0.3 is 10.4 Å². The van der Waals surface area contributed by atoms with E-state index >= 15 is 0 Å². The van der Waals surface area contributed by atoms with Crippen LogP contribution in [0, 0.1) is 6.92 Å². The average Bonchev–Trinajstić information content (AvgIpc) is 2.41. The topological polar surface area (TPSA) is 92.2 Å². The zero-order chi connectivity index (χ0) is 14.7. The Morgan fingerprint density at radius 1 is 1.25 bits per heavy atom. The van der Waals surface area contributed by atoms with E-state index in [0.29, 0.717) is 15.9 Å². The quantitative estimate of drug-likeness (QED) is 0.898. The molecule has 0 saturated heterocycles. The number of benzene rings is 1. The van der Waals surface area contributed by atoms with E-state index in [0.717, 1.165) is 0 Å². The zero-order valence-corrected chi connectivity index (χ0v) is 12.0. The third-order valence-electron chi connectivity index (χ3n) is 2.48. The lowest BCUT2D eigenvalue weighted by Gasteiger charge is -2.08. The number of aryl methyl sites for hydroxylation is 1. The van der Waals surface area contributed by atoms with Crippen molar-refractivity contribution in [3.63, 3.8) is 0 Å². The second-order valence-corrected chi connectivity index (χ2v) is 4.85. The molecule has 1 aromatic carbocycles. The van der Waals surface area contributed by atoms with Gasteiger partial charge in [-0.15, -0.1) is 0 Å². The van der Waals surface area contributed by atoms with Gasteiger partial charge in [-0.25, -0.2) is 9.78 Å². The number of carboxylic acids is 1. The number of rotatable bonds is 3. The molecule has 0 radical (unpaired) electrons. The Balaban J connectivity index is 2.25. The lowest BCUT2D eigenvalue weighted by molar-refractivity contribution is 0.0696. The van der Waals surface area contributed by atoms with Crippen LogP contribution >= 0.6 is 15.9 Å². The molecule has 0 bridgehead atoms. The highest BCUT2D eigenvalue weighted by Gasteiger charge is 2.12. The van der Waals surface area contributed by atoms with Crippen molar-refractivity contribution < 1.29 is 14.7 Å². The summed E-state index contributed by atoms with van der Waals surface area (Å²) in [4.78, 5) is 30.8. The average molecular weight is 336 g/mol. The van der Waals surface area contributed by atoms with Crippen LogP contribution in [0.4, 0.5) is 5.69 Å². The van der Waals surface area contributed by atoms with Gasteiger partial charge in [-0.3, -0.25) is 9.78 Å². The second-order valence-electron chi connectivity index (χ2n) is 4.00. The molecule has 1 amide bonds. The minimum Gasteiger partial charge on any atom is -0.478 e. The fourth-order valence-electron chi connectivity index (χ4n) is 1.45. The number of nitrogens with zero attached hydrogens (tertiary/aromatic N) is 2. The van der Waals surface area contributed by atoms with Crippen molar-refractivity contribution in [2.75, 3.05) is 5.32 Å². The number of hydrogen-bond donors (Lipinski definition) is 2. The number of hydrogen-bond acceptors (Lipinski definition) is 4. The van der Waals surface area contributed by atoms with E-state index in [1.165, 1.54) is 24.5 Å². The van der Waals surface area contributed by atoms with E-state index in [2.05, 4.69) is 31.2 Å². The maximum atomic E-state index is 12.0. The van der Waals surface area contributed by atoms with Gasteiger partial charge in [-0.1, -0.05) is 0 Å². The number of nitrogens with one attached hydrogen (secondary N) is 1. The minimum absolute atomic E-state index is 0.0819. The van der Waals surface area contributed by atoms with Crippen LogP contribution in [0.15, 0.2) is 35.1 Å². The monoisotopic (exact) mass is 335 g/mol. The number of aromatic nitrogens is 2. The first-order chi connectivity index (χ1) is 9.47. The Morgan fingerprint density at radius 2 is 2.00 bits per heavy atom. The highest BCUT2D eigenvalue weighted by Crippen LogP contribution is 2.24. The van der Waals surface area contributed by atoms with Crippen molar-refractivity contribution >= 4 is 33.5 Å². The summed E-state index contributed by atoms with van der Waals surface area (Å²) in [6, 6.07) is 4.36. The van der Waals surface area contributed by atoms with Crippen molar-refractivity contribution in [3.8, 4) is 0 Å². The molecule has 7 heteroatoms. The van der Waals surface area contributed by atoms with Gasteiger partial charge in [0.1, 0.15) is 5.69 Å². The minimum atomic E-state index is -1.07. The van der Waals surface area contributed by atoms with Gasteiger partial charge in [0.05, 0.1) is 23.1 Å². The van der Waals surface area contributed by atoms with E-state index < -0.39 is 11.9 Å². The number of carboxylic acid groups (broad SMARTS) is 1. The molecule has 6 nitrogen and oxygen atoms in total. The molecule has 102 valence electrons. The molecule has 20 heavy (non-hydrogen) atoms. The fraction of sp³-hybridized carbons (Fsp3) is 0.0769. The van der Waals surface area contributed by atoms with Crippen LogP contribution < -0.4 is 5.32 Å². The van der Waals surface area contributed by atoms with Gasteiger partial charge in [0.2, 0.25) is 0 Å². The lowest BCUT2D eigenvalue weighted by Crippen LogP contribution is -2.15. The Morgan fingerprint density at radius 3 is 2.60 bits per heavy atom. The lowest BCUT2D eigenvalue weighted by atomic mass is 10.2. The van der Waals surface area contributed by atoms with Crippen molar-refractivity contribution in [3.05, 3.63) is 52.0 Å². The molecule has 1 heterocycles. The Kier molecular flexibility index (Phi) is 4.09. The van der Waals surface area contributed by atoms with Gasteiger partial charge in [0, 0.05) is 10.7 Å². The molecule has 1 aromatic heterocycles. The number of carbonyl (C=O) groups excluding carboxylic acids is 1. The van der Waals surface area contributed by atoms with Crippen LogP contribution in [0.2, 0.25) is 0 Å². The van der Waals surface area contributed by atoms with Crippen LogP contribution in [0.5, 0.6) is 0 Å². The van der Waals surface area contributed by atoms with Crippen LogP contribution in [-0.4, -0.2) is 27.0 Å². The number of aromatic carboxylic acids is 1. The van der Waals surface area contributed by atoms with Crippen molar-refractivity contribution in [1.82, 2.24) is 9.97 Å². The molecular weight excluding hydrogens is 326 g/mol. The highest BCUT2D eigenvalue weighted by atomic mass is 79.9. The predicted octanol–water partition coefficient (Wildman–Crippen LogP) is 2.50. The van der Waals surface area contributed by atoms with Crippen molar-refractivity contribution in [2.24, 2.45) is 0 Å². The maximum Gasteiger partial charge on any atom is 0.335 e. The summed E-state index contributed by atoms with van der Waals surface area (Å²) in [5, 5.41) is 11.5. The molecule has 0 unspecified atom stereocenters. The molecule has 0 aliphatic rings. The van der Waals surface area contributed by atoms with Crippen LogP contribution in [-0.2, 0) is 0 Å². The molecule has 2 rings (SSSR count). The molecule has 2 N–H and O–H groups in total. The summed E-state index contributed by atoms with van der Waals surface area (Å²) in [5.74, 6) is -1.52. The third-order valence-corrected chi connectivity index (χ3v) is 3.17. The zero-order valence-electron chi connectivity index (χ0n) is 10.4. The highest BCUT2D eigenvalue weighted by molar-refractivity contribution is 9.10. The first kappa shape index (κ1) is 14.1. The smallest absolute Gasteiger partial charge is 0.335 e. The van der Waals surface area contributed by atoms with Crippen LogP contribution in [0.25, 0.3) is 0 Å². The van der Waals surface area contributed by atoms with E-state index in [1.54, 1.807) is 13.0 Å². The fourth-order valence-corrected chi connectivity index (χ4v) is 1.80. The number of halogens is 1. The summed E-state index contributed by atoms with van der Waals surface area (Å²) in [6.45, 7) is 1.77. The molecule has 0 aliphatic heterocycles. The molecule has 0 spiro atoms. The normalized spacial score (nSPS) is 10.1. The second kappa shape index (κ2) is 5.79. The predicted molar refractivity (Wildman–Crippen MR) is 75.8 cm³/mol. The summed E-state index contributed by atoms with van der Waals surface area (Å²) in [7, 11) is 0. The first-order valence-corrected chi connectivity index (χ1v) is 6.39. The molecular formula is C13H10BrN3O3. The summed E-state index contributed by atoms with van der Waals surface area (Å²) in [5.41, 5.74) is 1.30. The van der Waals surface area contributed by atoms with Crippen LogP contribution in [0.3, 0.4) is 0 Å².